The van der Waals surface area contributed by atoms with Crippen molar-refractivity contribution < 1.29 is 9.53 Å². The molecule has 0 radical (unpaired) electrons. The van der Waals surface area contributed by atoms with Crippen molar-refractivity contribution in [3.05, 3.63) is 29.6 Å². The maximum absolute atomic E-state index is 11.2. The van der Waals surface area contributed by atoms with E-state index >= 15 is 0 Å². The van der Waals surface area contributed by atoms with Crippen LogP contribution in [0, 0.1) is 0 Å². The molecule has 1 aromatic rings. The first-order valence-corrected chi connectivity index (χ1v) is 4.10. The summed E-state index contributed by atoms with van der Waals surface area (Å²) < 4.78 is 4.79. The Morgan fingerprint density at radius 3 is 2.53 bits per heavy atom. The number of nitrogens with zero attached hydrogens (tertiary/aromatic N) is 1. The molecule has 1 rings (SSSR count). The molecule has 0 saturated carbocycles. The van der Waals surface area contributed by atoms with Crippen LogP contribution in [0.1, 0.15) is 23.0 Å². The third-order valence-electron chi connectivity index (χ3n) is 1.55. The molecule has 86 valence electrons. The number of carbonyl (C=O) groups excluding carboxylic acids is 1. The first-order valence-electron chi connectivity index (χ1n) is 4.10. The normalized spacial score (nSPS) is 8.40. The summed E-state index contributed by atoms with van der Waals surface area (Å²) in [5.74, 6) is -0.349. The van der Waals surface area contributed by atoms with Gasteiger partial charge < -0.3 is 10.5 Å². The fourth-order valence-electron chi connectivity index (χ4n) is 0.880. The zero-order chi connectivity index (χ0) is 9.68. The van der Waals surface area contributed by atoms with E-state index in [0.717, 1.165) is 5.69 Å². The molecule has 0 saturated heterocycles. The van der Waals surface area contributed by atoms with Crippen LogP contribution in [-0.4, -0.2) is 17.6 Å². The van der Waals surface area contributed by atoms with E-state index in [1.165, 1.54) is 6.20 Å². The Labute approximate surface area is 101 Å². The van der Waals surface area contributed by atoms with Crippen LogP contribution < -0.4 is 5.73 Å². The van der Waals surface area contributed by atoms with Crippen LogP contribution in [0.15, 0.2) is 18.3 Å². The summed E-state index contributed by atoms with van der Waals surface area (Å²) in [5, 5.41) is 0. The zero-order valence-corrected chi connectivity index (χ0v) is 9.94. The molecule has 0 spiro atoms. The number of carbonyl (C=O) groups is 1. The fourth-order valence-corrected chi connectivity index (χ4v) is 0.880. The number of rotatable bonds is 3. The fraction of sp³-hybridized carbons (Fsp3) is 0.333. The molecule has 2 N–H and O–H groups in total. The largest absolute Gasteiger partial charge is 0.462 e. The SMILES string of the molecule is CCOC(=O)c1ccc(CN)nc1.Cl.Cl. The molecule has 0 aliphatic heterocycles. The number of hydrogen-bond donors (Lipinski definition) is 1. The number of esters is 1. The van der Waals surface area contributed by atoms with Gasteiger partial charge in [-0.3, -0.25) is 4.98 Å². The van der Waals surface area contributed by atoms with E-state index < -0.39 is 0 Å². The highest BCUT2D eigenvalue weighted by Gasteiger charge is 2.05. The molecular formula is C9H14Cl2N2O2. The van der Waals surface area contributed by atoms with E-state index in [9.17, 15) is 4.79 Å². The highest BCUT2D eigenvalue weighted by Crippen LogP contribution is 2.01. The minimum absolute atomic E-state index is 0. The Morgan fingerprint density at radius 2 is 2.13 bits per heavy atom. The van der Waals surface area contributed by atoms with Gasteiger partial charge in [0.25, 0.3) is 0 Å². The van der Waals surface area contributed by atoms with Crippen molar-refractivity contribution in [3.63, 3.8) is 0 Å². The van der Waals surface area contributed by atoms with Crippen LogP contribution >= 0.6 is 24.8 Å². The molecule has 0 aliphatic carbocycles. The average molecular weight is 253 g/mol. The average Bonchev–Trinajstić information content (AvgIpc) is 2.18. The number of aromatic nitrogens is 1. The number of ether oxygens (including phenoxy) is 1. The lowest BCUT2D eigenvalue weighted by Crippen LogP contribution is -2.06. The Bertz CT molecular complexity index is 291. The van der Waals surface area contributed by atoms with Crippen LogP contribution in [0.3, 0.4) is 0 Å². The molecule has 0 unspecified atom stereocenters. The second-order valence-electron chi connectivity index (χ2n) is 2.46. The standard InChI is InChI=1S/C9H12N2O2.2ClH/c1-2-13-9(12)7-3-4-8(5-10)11-6-7;;/h3-4,6H,2,5,10H2,1H3;2*1H. The van der Waals surface area contributed by atoms with Crippen molar-refractivity contribution in [2.75, 3.05) is 6.61 Å². The molecule has 1 aromatic heterocycles. The first kappa shape index (κ1) is 16.6. The topological polar surface area (TPSA) is 65.2 Å². The van der Waals surface area contributed by atoms with Gasteiger partial charge in [0.1, 0.15) is 0 Å². The quantitative estimate of drug-likeness (QED) is 0.830. The van der Waals surface area contributed by atoms with Gasteiger partial charge in [-0.25, -0.2) is 4.79 Å². The van der Waals surface area contributed by atoms with Gasteiger partial charge in [0.2, 0.25) is 0 Å². The predicted molar refractivity (Wildman–Crippen MR) is 62.6 cm³/mol. The number of pyridine rings is 1. The highest BCUT2D eigenvalue weighted by molar-refractivity contribution is 5.88. The monoisotopic (exact) mass is 252 g/mol. The maximum Gasteiger partial charge on any atom is 0.339 e. The summed E-state index contributed by atoms with van der Waals surface area (Å²) in [6, 6.07) is 3.37. The Morgan fingerprint density at radius 1 is 1.47 bits per heavy atom. The van der Waals surface area contributed by atoms with E-state index in [0.29, 0.717) is 18.7 Å². The zero-order valence-electron chi connectivity index (χ0n) is 8.30. The van der Waals surface area contributed by atoms with Crippen molar-refractivity contribution in [2.24, 2.45) is 5.73 Å². The van der Waals surface area contributed by atoms with Gasteiger partial charge in [-0.1, -0.05) is 0 Å². The summed E-state index contributed by atoms with van der Waals surface area (Å²) in [5.41, 5.74) is 6.57. The molecule has 0 amide bonds. The smallest absolute Gasteiger partial charge is 0.339 e. The summed E-state index contributed by atoms with van der Waals surface area (Å²) in [7, 11) is 0. The first-order chi connectivity index (χ1) is 6.27. The van der Waals surface area contributed by atoms with Gasteiger partial charge in [0.15, 0.2) is 0 Å². The van der Waals surface area contributed by atoms with Crippen molar-refractivity contribution >= 4 is 30.8 Å². The molecular weight excluding hydrogens is 239 g/mol. The van der Waals surface area contributed by atoms with Gasteiger partial charge in [-0.05, 0) is 19.1 Å². The number of nitrogens with two attached hydrogens (primary N) is 1. The van der Waals surface area contributed by atoms with Crippen molar-refractivity contribution in [1.82, 2.24) is 4.98 Å². The van der Waals surface area contributed by atoms with Crippen LogP contribution in [0.2, 0.25) is 0 Å². The van der Waals surface area contributed by atoms with E-state index in [4.69, 9.17) is 10.5 Å². The summed E-state index contributed by atoms with van der Waals surface area (Å²) in [6.07, 6.45) is 1.47. The lowest BCUT2D eigenvalue weighted by molar-refractivity contribution is 0.0526. The van der Waals surface area contributed by atoms with Crippen molar-refractivity contribution in [3.8, 4) is 0 Å². The van der Waals surface area contributed by atoms with E-state index in [1.54, 1.807) is 19.1 Å². The third kappa shape index (κ3) is 4.97. The van der Waals surface area contributed by atoms with Crippen LogP contribution in [-0.2, 0) is 11.3 Å². The molecule has 0 bridgehead atoms. The molecule has 15 heavy (non-hydrogen) atoms. The summed E-state index contributed by atoms with van der Waals surface area (Å²) in [4.78, 5) is 15.1. The van der Waals surface area contributed by atoms with Crippen molar-refractivity contribution in [1.29, 1.82) is 0 Å². The lowest BCUT2D eigenvalue weighted by atomic mass is 10.2. The van der Waals surface area contributed by atoms with Crippen LogP contribution in [0.4, 0.5) is 0 Å². The second kappa shape index (κ2) is 8.47. The predicted octanol–water partition coefficient (Wildman–Crippen LogP) is 1.56. The molecule has 0 aromatic carbocycles. The molecule has 0 atom stereocenters. The van der Waals surface area contributed by atoms with Gasteiger partial charge in [0.05, 0.1) is 17.9 Å². The van der Waals surface area contributed by atoms with E-state index in [1.807, 2.05) is 0 Å². The third-order valence-corrected chi connectivity index (χ3v) is 1.55. The van der Waals surface area contributed by atoms with Gasteiger partial charge >= 0.3 is 5.97 Å². The number of halogens is 2. The van der Waals surface area contributed by atoms with E-state index in [-0.39, 0.29) is 30.8 Å². The minimum atomic E-state index is -0.349. The van der Waals surface area contributed by atoms with Gasteiger partial charge in [-0.15, -0.1) is 24.8 Å². The lowest BCUT2D eigenvalue weighted by Gasteiger charge is -2.01. The molecule has 0 aliphatic rings. The molecule has 0 fully saturated rings. The van der Waals surface area contributed by atoms with E-state index in [2.05, 4.69) is 4.98 Å². The van der Waals surface area contributed by atoms with Gasteiger partial charge in [-0.2, -0.15) is 0 Å². The minimum Gasteiger partial charge on any atom is -0.462 e. The Hall–Kier alpha value is -0.840. The Balaban J connectivity index is 0. The summed E-state index contributed by atoms with van der Waals surface area (Å²) in [6.45, 7) is 2.51. The number of hydrogen-bond acceptors (Lipinski definition) is 4. The maximum atomic E-state index is 11.2. The van der Waals surface area contributed by atoms with Crippen molar-refractivity contribution in [2.45, 2.75) is 13.5 Å². The van der Waals surface area contributed by atoms with Crippen LogP contribution in [0.5, 0.6) is 0 Å². The second-order valence-corrected chi connectivity index (χ2v) is 2.46. The molecule has 4 nitrogen and oxygen atoms in total. The summed E-state index contributed by atoms with van der Waals surface area (Å²) >= 11 is 0. The van der Waals surface area contributed by atoms with Gasteiger partial charge in [0, 0.05) is 12.7 Å². The highest BCUT2D eigenvalue weighted by atomic mass is 35.5. The van der Waals surface area contributed by atoms with Crippen LogP contribution in [0.25, 0.3) is 0 Å². The Kier molecular flexibility index (Phi) is 9.36. The molecule has 1 heterocycles. The molecule has 6 heteroatoms.